The lowest BCUT2D eigenvalue weighted by atomic mass is 9.70. The molecule has 0 aromatic heterocycles. The summed E-state index contributed by atoms with van der Waals surface area (Å²) in [6.07, 6.45) is 3.82. The van der Waals surface area contributed by atoms with Gasteiger partial charge in [0.1, 0.15) is 0 Å². The number of hydrogen-bond donors (Lipinski definition) is 0. The van der Waals surface area contributed by atoms with Crippen LogP contribution in [-0.2, 0) is 19.1 Å². The molecule has 2 heterocycles. The van der Waals surface area contributed by atoms with E-state index in [9.17, 15) is 9.59 Å². The fourth-order valence-corrected chi connectivity index (χ4v) is 3.57. The Morgan fingerprint density at radius 2 is 1.80 bits per heavy atom. The first-order valence-corrected chi connectivity index (χ1v) is 7.69. The predicted molar refractivity (Wildman–Crippen MR) is 74.1 cm³/mol. The molecule has 0 amide bonds. The fourth-order valence-electron chi connectivity index (χ4n) is 3.57. The maximum Gasteiger partial charge on any atom is 0.320 e. The van der Waals surface area contributed by atoms with Crippen molar-refractivity contribution in [2.45, 2.75) is 45.6 Å². The van der Waals surface area contributed by atoms with Gasteiger partial charge in [0.2, 0.25) is 0 Å². The number of ether oxygens (including phenoxy) is 2. The van der Waals surface area contributed by atoms with Crippen molar-refractivity contribution < 1.29 is 19.1 Å². The highest BCUT2D eigenvalue weighted by atomic mass is 16.5. The minimum atomic E-state index is -0.137. The van der Waals surface area contributed by atoms with Gasteiger partial charge in [-0.2, -0.15) is 0 Å². The lowest BCUT2D eigenvalue weighted by Gasteiger charge is -2.49. The Morgan fingerprint density at radius 3 is 2.40 bits per heavy atom. The van der Waals surface area contributed by atoms with Crippen LogP contribution in [0.2, 0.25) is 0 Å². The SMILES string of the molecule is CCOC(=O)CC1CC2CCC1CN2CC(=O)OCC. The molecule has 0 aromatic rings. The highest BCUT2D eigenvalue weighted by molar-refractivity contribution is 5.72. The van der Waals surface area contributed by atoms with Gasteiger partial charge in [-0.1, -0.05) is 0 Å². The Bertz CT molecular complexity index is 324. The highest BCUT2D eigenvalue weighted by Crippen LogP contribution is 2.40. The molecule has 3 rings (SSSR count). The van der Waals surface area contributed by atoms with Gasteiger partial charge in [0.25, 0.3) is 0 Å². The van der Waals surface area contributed by atoms with E-state index in [1.807, 2.05) is 13.8 Å². The summed E-state index contributed by atoms with van der Waals surface area (Å²) in [5.41, 5.74) is 0. The van der Waals surface area contributed by atoms with Crippen LogP contribution in [0.5, 0.6) is 0 Å². The molecule has 5 nitrogen and oxygen atoms in total. The summed E-state index contributed by atoms with van der Waals surface area (Å²) in [5, 5.41) is 0. The van der Waals surface area contributed by atoms with Crippen LogP contribution in [0.15, 0.2) is 0 Å². The lowest BCUT2D eigenvalue weighted by molar-refractivity contribution is -0.150. The van der Waals surface area contributed by atoms with Gasteiger partial charge in [-0.25, -0.2) is 0 Å². The number of carbonyl (C=O) groups excluding carboxylic acids is 2. The zero-order chi connectivity index (χ0) is 14.5. The second-order valence-electron chi connectivity index (χ2n) is 5.73. The molecule has 1 aliphatic carbocycles. The van der Waals surface area contributed by atoms with Crippen molar-refractivity contribution in [2.24, 2.45) is 11.8 Å². The first kappa shape index (κ1) is 15.3. The summed E-state index contributed by atoms with van der Waals surface area (Å²) in [5.74, 6) is 0.717. The normalized spacial score (nSPS) is 29.2. The first-order valence-electron chi connectivity index (χ1n) is 7.69. The topological polar surface area (TPSA) is 55.8 Å². The number of hydrogen-bond acceptors (Lipinski definition) is 5. The Balaban J connectivity index is 1.84. The van der Waals surface area contributed by atoms with Crippen LogP contribution in [0, 0.1) is 11.8 Å². The van der Waals surface area contributed by atoms with Crippen LogP contribution in [0.4, 0.5) is 0 Å². The number of nitrogens with zero attached hydrogens (tertiary/aromatic N) is 1. The van der Waals surface area contributed by atoms with Crippen LogP contribution in [0.3, 0.4) is 0 Å². The van der Waals surface area contributed by atoms with Gasteiger partial charge in [0.05, 0.1) is 19.8 Å². The molecule has 0 N–H and O–H groups in total. The predicted octanol–water partition coefficient (Wildman–Crippen LogP) is 1.60. The Hall–Kier alpha value is -1.10. The molecule has 20 heavy (non-hydrogen) atoms. The monoisotopic (exact) mass is 283 g/mol. The molecule has 3 fully saturated rings. The van der Waals surface area contributed by atoms with Crippen LogP contribution in [-0.4, -0.2) is 49.2 Å². The van der Waals surface area contributed by atoms with Crippen LogP contribution in [0.1, 0.15) is 39.5 Å². The number of piperidine rings is 2. The van der Waals surface area contributed by atoms with E-state index >= 15 is 0 Å². The third-order valence-electron chi connectivity index (χ3n) is 4.47. The van der Waals surface area contributed by atoms with Crippen LogP contribution >= 0.6 is 0 Å². The van der Waals surface area contributed by atoms with E-state index in [0.717, 1.165) is 25.8 Å². The maximum absolute atomic E-state index is 11.6. The third kappa shape index (κ3) is 3.72. The lowest BCUT2D eigenvalue weighted by Crippen LogP contribution is -2.53. The summed E-state index contributed by atoms with van der Waals surface area (Å²) in [6.45, 7) is 5.86. The number of fused-ring (bicyclic) bond motifs is 3. The molecule has 114 valence electrons. The van der Waals surface area contributed by atoms with Gasteiger partial charge < -0.3 is 9.47 Å². The van der Waals surface area contributed by atoms with Gasteiger partial charge in [0.15, 0.2) is 0 Å². The first-order chi connectivity index (χ1) is 9.63. The standard InChI is InChI=1S/C15H25NO4/c1-3-19-14(17)8-12-7-13-6-5-11(12)9-16(13)10-15(18)20-4-2/h11-13H,3-10H2,1-2H3. The molecule has 3 atom stereocenters. The van der Waals surface area contributed by atoms with E-state index in [0.29, 0.717) is 44.1 Å². The molecule has 2 bridgehead atoms. The maximum atomic E-state index is 11.6. The molecule has 0 spiro atoms. The number of rotatable bonds is 6. The molecule has 2 saturated heterocycles. The largest absolute Gasteiger partial charge is 0.466 e. The van der Waals surface area contributed by atoms with Crippen LogP contribution < -0.4 is 0 Å². The minimum absolute atomic E-state index is 0.0815. The van der Waals surface area contributed by atoms with Crippen molar-refractivity contribution in [2.75, 3.05) is 26.3 Å². The molecule has 2 aliphatic heterocycles. The second kappa shape index (κ2) is 7.07. The van der Waals surface area contributed by atoms with Gasteiger partial charge in [0, 0.05) is 19.0 Å². The van der Waals surface area contributed by atoms with E-state index in [2.05, 4.69) is 4.90 Å². The van der Waals surface area contributed by atoms with Gasteiger partial charge in [-0.05, 0) is 44.9 Å². The third-order valence-corrected chi connectivity index (χ3v) is 4.47. The summed E-state index contributed by atoms with van der Waals surface area (Å²) in [4.78, 5) is 25.4. The van der Waals surface area contributed by atoms with Crippen molar-refractivity contribution >= 4 is 11.9 Å². The van der Waals surface area contributed by atoms with Crippen LogP contribution in [0.25, 0.3) is 0 Å². The quantitative estimate of drug-likeness (QED) is 0.693. The van der Waals surface area contributed by atoms with Crippen molar-refractivity contribution in [3.05, 3.63) is 0 Å². The minimum Gasteiger partial charge on any atom is -0.466 e. The molecule has 1 saturated carbocycles. The Kier molecular flexibility index (Phi) is 5.40. The van der Waals surface area contributed by atoms with E-state index in [1.165, 1.54) is 0 Å². The smallest absolute Gasteiger partial charge is 0.320 e. The fraction of sp³-hybridized carbons (Fsp3) is 0.867. The average Bonchev–Trinajstić information content (AvgIpc) is 2.40. The summed E-state index contributed by atoms with van der Waals surface area (Å²) < 4.78 is 10.1. The summed E-state index contributed by atoms with van der Waals surface area (Å²) >= 11 is 0. The Labute approximate surface area is 120 Å². The van der Waals surface area contributed by atoms with E-state index in [1.54, 1.807) is 0 Å². The van der Waals surface area contributed by atoms with E-state index in [-0.39, 0.29) is 11.9 Å². The zero-order valence-corrected chi connectivity index (χ0v) is 12.5. The van der Waals surface area contributed by atoms with Gasteiger partial charge in [-0.15, -0.1) is 0 Å². The molecular formula is C15H25NO4. The van der Waals surface area contributed by atoms with Crippen molar-refractivity contribution in [3.63, 3.8) is 0 Å². The molecule has 5 heteroatoms. The highest BCUT2D eigenvalue weighted by Gasteiger charge is 2.41. The second-order valence-corrected chi connectivity index (χ2v) is 5.73. The number of esters is 2. The van der Waals surface area contributed by atoms with Gasteiger partial charge >= 0.3 is 11.9 Å². The zero-order valence-electron chi connectivity index (χ0n) is 12.5. The van der Waals surface area contributed by atoms with Crippen molar-refractivity contribution in [3.8, 4) is 0 Å². The Morgan fingerprint density at radius 1 is 1.10 bits per heavy atom. The number of carbonyl (C=O) groups is 2. The summed E-state index contributed by atoms with van der Waals surface area (Å²) in [7, 11) is 0. The van der Waals surface area contributed by atoms with E-state index in [4.69, 9.17) is 9.47 Å². The molecule has 3 aliphatic rings. The molecule has 0 radical (unpaired) electrons. The van der Waals surface area contributed by atoms with Crippen molar-refractivity contribution in [1.82, 2.24) is 4.90 Å². The molecular weight excluding hydrogens is 258 g/mol. The van der Waals surface area contributed by atoms with Gasteiger partial charge in [-0.3, -0.25) is 14.5 Å². The van der Waals surface area contributed by atoms with E-state index < -0.39 is 0 Å². The summed E-state index contributed by atoms with van der Waals surface area (Å²) in [6, 6.07) is 0.420. The van der Waals surface area contributed by atoms with Crippen molar-refractivity contribution in [1.29, 1.82) is 0 Å². The average molecular weight is 283 g/mol. The molecule has 0 aromatic carbocycles. The molecule has 3 unspecified atom stereocenters.